The second-order valence-corrected chi connectivity index (χ2v) is 6.29. The molecular formula is C19H17F3N2O6S. The Morgan fingerprint density at radius 1 is 1.16 bits per heavy atom. The Morgan fingerprint density at radius 3 is 2.45 bits per heavy atom. The number of esters is 2. The monoisotopic (exact) mass is 458 g/mol. The maximum atomic E-state index is 12.8. The van der Waals surface area contributed by atoms with E-state index in [4.69, 9.17) is 10.5 Å². The summed E-state index contributed by atoms with van der Waals surface area (Å²) in [4.78, 5) is 35.2. The molecule has 0 spiro atoms. The van der Waals surface area contributed by atoms with Crippen LogP contribution in [-0.4, -0.2) is 42.9 Å². The first-order chi connectivity index (χ1) is 14.6. The van der Waals surface area contributed by atoms with Gasteiger partial charge in [0.05, 0.1) is 24.4 Å². The van der Waals surface area contributed by atoms with Crippen LogP contribution >= 0.6 is 12.6 Å². The summed E-state index contributed by atoms with van der Waals surface area (Å²) in [6.07, 6.45) is -5.30. The third kappa shape index (κ3) is 6.36. The number of halogens is 3. The van der Waals surface area contributed by atoms with Crippen molar-refractivity contribution in [3.8, 4) is 17.2 Å². The molecule has 0 unspecified atom stereocenters. The van der Waals surface area contributed by atoms with Gasteiger partial charge in [0.2, 0.25) is 5.91 Å². The van der Waals surface area contributed by atoms with Crippen molar-refractivity contribution in [1.82, 2.24) is 0 Å². The highest BCUT2D eigenvalue weighted by molar-refractivity contribution is 7.80. The molecule has 0 aromatic heterocycles. The molecule has 0 aliphatic carbocycles. The molecule has 0 saturated heterocycles. The molecule has 0 saturated carbocycles. The highest BCUT2D eigenvalue weighted by Crippen LogP contribution is 2.39. The number of anilines is 1. The Hall–Kier alpha value is -3.25. The molecule has 2 aromatic carbocycles. The lowest BCUT2D eigenvalue weighted by Gasteiger charge is -2.17. The van der Waals surface area contributed by atoms with Crippen LogP contribution in [0.25, 0.3) is 0 Å². The van der Waals surface area contributed by atoms with E-state index in [0.29, 0.717) is 0 Å². The van der Waals surface area contributed by atoms with Gasteiger partial charge >= 0.3 is 18.1 Å². The molecule has 0 bridgehead atoms. The van der Waals surface area contributed by atoms with Gasteiger partial charge in [0.15, 0.2) is 11.5 Å². The standard InChI is InChI=1S/C19H17F3N2O6S/c1-28-17(26)10-4-2-5-11(8-10)29-14-7-3-6-13(24-16(25)12(23)9-31)15(14)30-18(27)19(20,21)22/h2-8,12,31H,9,23H2,1H3,(H,24,25)/t12-/m0/s1. The smallest absolute Gasteiger partial charge is 0.465 e. The Balaban J connectivity index is 2.46. The fourth-order valence-corrected chi connectivity index (χ4v) is 2.36. The lowest BCUT2D eigenvalue weighted by atomic mass is 10.2. The van der Waals surface area contributed by atoms with Crippen molar-refractivity contribution >= 4 is 36.2 Å². The first-order valence-electron chi connectivity index (χ1n) is 8.52. The summed E-state index contributed by atoms with van der Waals surface area (Å²) in [5.41, 5.74) is 5.37. The van der Waals surface area contributed by atoms with E-state index >= 15 is 0 Å². The lowest BCUT2D eigenvalue weighted by Crippen LogP contribution is -2.37. The number of ether oxygens (including phenoxy) is 3. The van der Waals surface area contributed by atoms with E-state index in [1.807, 2.05) is 0 Å². The van der Waals surface area contributed by atoms with Crippen LogP contribution in [0.1, 0.15) is 10.4 Å². The SMILES string of the molecule is COC(=O)c1cccc(Oc2cccc(NC(=O)[C@@H](N)CS)c2OC(=O)C(F)(F)F)c1. The molecule has 0 fully saturated rings. The summed E-state index contributed by atoms with van der Waals surface area (Å²) in [6, 6.07) is 8.21. The zero-order valence-corrected chi connectivity index (χ0v) is 16.8. The van der Waals surface area contributed by atoms with Crippen LogP contribution in [0.4, 0.5) is 18.9 Å². The normalized spacial score (nSPS) is 11.9. The fraction of sp³-hybridized carbons (Fsp3) is 0.211. The predicted octanol–water partition coefficient (Wildman–Crippen LogP) is 2.93. The number of amides is 1. The van der Waals surface area contributed by atoms with E-state index in [9.17, 15) is 27.6 Å². The third-order valence-corrected chi connectivity index (χ3v) is 4.07. The van der Waals surface area contributed by atoms with E-state index in [-0.39, 0.29) is 28.5 Å². The molecule has 0 heterocycles. The number of benzene rings is 2. The number of nitrogens with two attached hydrogens (primary N) is 1. The van der Waals surface area contributed by atoms with E-state index in [1.54, 1.807) is 0 Å². The van der Waals surface area contributed by atoms with Crippen LogP contribution < -0.4 is 20.5 Å². The second kappa shape index (κ2) is 10.2. The maximum Gasteiger partial charge on any atom is 0.491 e. The summed E-state index contributed by atoms with van der Waals surface area (Å²) in [5, 5.41) is 2.27. The number of methoxy groups -OCH3 is 1. The number of hydrogen-bond acceptors (Lipinski definition) is 8. The summed E-state index contributed by atoms with van der Waals surface area (Å²) < 4.78 is 52.9. The van der Waals surface area contributed by atoms with Crippen molar-refractivity contribution in [2.24, 2.45) is 5.73 Å². The van der Waals surface area contributed by atoms with Crippen molar-refractivity contribution in [3.05, 3.63) is 48.0 Å². The number of rotatable bonds is 7. The zero-order chi connectivity index (χ0) is 23.2. The largest absolute Gasteiger partial charge is 0.491 e. The van der Waals surface area contributed by atoms with Crippen molar-refractivity contribution in [3.63, 3.8) is 0 Å². The van der Waals surface area contributed by atoms with Crippen LogP contribution in [0.15, 0.2) is 42.5 Å². The summed E-state index contributed by atoms with van der Waals surface area (Å²) >= 11 is 3.88. The molecule has 0 radical (unpaired) electrons. The topological polar surface area (TPSA) is 117 Å². The van der Waals surface area contributed by atoms with Gasteiger partial charge in [0, 0.05) is 5.75 Å². The van der Waals surface area contributed by atoms with Crippen molar-refractivity contribution < 1.29 is 41.8 Å². The number of nitrogens with one attached hydrogen (secondary N) is 1. The maximum absolute atomic E-state index is 12.8. The van der Waals surface area contributed by atoms with Crippen LogP contribution in [0.3, 0.4) is 0 Å². The quantitative estimate of drug-likeness (QED) is 0.332. The molecular weight excluding hydrogens is 441 g/mol. The van der Waals surface area contributed by atoms with Crippen LogP contribution in [0.5, 0.6) is 17.2 Å². The zero-order valence-electron chi connectivity index (χ0n) is 15.9. The molecule has 2 aromatic rings. The Bertz CT molecular complexity index is 983. The van der Waals surface area contributed by atoms with Crippen LogP contribution in [0.2, 0.25) is 0 Å². The highest BCUT2D eigenvalue weighted by Gasteiger charge is 2.42. The van der Waals surface area contributed by atoms with E-state index in [1.165, 1.54) is 49.6 Å². The van der Waals surface area contributed by atoms with Crippen LogP contribution in [-0.2, 0) is 14.3 Å². The molecule has 2 rings (SSSR count). The van der Waals surface area contributed by atoms with Gasteiger partial charge in [-0.2, -0.15) is 25.8 Å². The van der Waals surface area contributed by atoms with Gasteiger partial charge in [-0.15, -0.1) is 0 Å². The van der Waals surface area contributed by atoms with E-state index in [2.05, 4.69) is 27.4 Å². The number of carbonyl (C=O) groups is 3. The van der Waals surface area contributed by atoms with Crippen molar-refractivity contribution in [1.29, 1.82) is 0 Å². The molecule has 1 amide bonds. The third-order valence-electron chi connectivity index (χ3n) is 3.68. The minimum atomic E-state index is -5.30. The van der Waals surface area contributed by atoms with Crippen molar-refractivity contribution in [2.75, 3.05) is 18.2 Å². The number of para-hydroxylation sites is 1. The van der Waals surface area contributed by atoms with Crippen molar-refractivity contribution in [2.45, 2.75) is 12.2 Å². The molecule has 0 aliphatic rings. The first-order valence-corrected chi connectivity index (χ1v) is 9.15. The lowest BCUT2D eigenvalue weighted by molar-refractivity contribution is -0.189. The molecule has 3 N–H and O–H groups in total. The van der Waals surface area contributed by atoms with Crippen LogP contribution in [0, 0.1) is 0 Å². The Labute approximate surface area is 179 Å². The average Bonchev–Trinajstić information content (AvgIpc) is 2.73. The molecule has 1 atom stereocenters. The average molecular weight is 458 g/mol. The summed E-state index contributed by atoms with van der Waals surface area (Å²) in [7, 11) is 1.17. The predicted molar refractivity (Wildman–Crippen MR) is 106 cm³/mol. The summed E-state index contributed by atoms with van der Waals surface area (Å²) in [5.74, 6) is -5.02. The molecule has 166 valence electrons. The highest BCUT2D eigenvalue weighted by atomic mass is 32.1. The molecule has 12 heteroatoms. The number of thiol groups is 1. The van der Waals surface area contributed by atoms with Gasteiger partial charge in [-0.05, 0) is 30.3 Å². The number of carbonyl (C=O) groups excluding carboxylic acids is 3. The molecule has 31 heavy (non-hydrogen) atoms. The summed E-state index contributed by atoms with van der Waals surface area (Å²) in [6.45, 7) is 0. The van der Waals surface area contributed by atoms with Gasteiger partial charge in [-0.1, -0.05) is 12.1 Å². The minimum Gasteiger partial charge on any atom is -0.465 e. The van der Waals surface area contributed by atoms with Gasteiger partial charge in [0.1, 0.15) is 5.75 Å². The minimum absolute atomic E-state index is 0.0303. The molecule has 8 nitrogen and oxygen atoms in total. The Kier molecular flexibility index (Phi) is 7.89. The Morgan fingerprint density at radius 2 is 1.84 bits per heavy atom. The molecule has 0 aliphatic heterocycles. The van der Waals surface area contributed by atoms with Gasteiger partial charge in [0.25, 0.3) is 0 Å². The second-order valence-electron chi connectivity index (χ2n) is 5.92. The number of hydrogen-bond donors (Lipinski definition) is 3. The first kappa shape index (κ1) is 24.0. The fourth-order valence-electron chi connectivity index (χ4n) is 2.19. The van der Waals surface area contributed by atoms with E-state index in [0.717, 1.165) is 0 Å². The number of alkyl halides is 3. The van der Waals surface area contributed by atoms with E-state index < -0.39 is 35.8 Å². The van der Waals surface area contributed by atoms with Gasteiger partial charge in [-0.25, -0.2) is 9.59 Å². The van der Waals surface area contributed by atoms with Gasteiger partial charge < -0.3 is 25.3 Å². The van der Waals surface area contributed by atoms with Gasteiger partial charge in [-0.3, -0.25) is 4.79 Å².